The van der Waals surface area contributed by atoms with E-state index in [4.69, 9.17) is 18.6 Å². The number of carbonyl (C=O) groups excluding carboxylic acids is 1. The number of ether oxygens (including phenoxy) is 3. The van der Waals surface area contributed by atoms with Crippen molar-refractivity contribution in [2.45, 2.75) is 76.5 Å². The summed E-state index contributed by atoms with van der Waals surface area (Å²) in [6.07, 6.45) is 4.09. The van der Waals surface area contributed by atoms with Crippen LogP contribution in [0.15, 0.2) is 10.7 Å². The Balaban J connectivity index is 1.76. The maximum absolute atomic E-state index is 11.6. The average Bonchev–Trinajstić information content (AvgIpc) is 3.23. The second-order valence-corrected chi connectivity index (χ2v) is 7.27. The van der Waals surface area contributed by atoms with Gasteiger partial charge in [-0.05, 0) is 39.2 Å². The molecule has 0 radical (unpaired) electrons. The lowest BCUT2D eigenvalue weighted by atomic mass is 9.86. The molecule has 3 heterocycles. The first kappa shape index (κ1) is 14.3. The van der Waals surface area contributed by atoms with Gasteiger partial charge in [0.15, 0.2) is 6.10 Å². The summed E-state index contributed by atoms with van der Waals surface area (Å²) in [6, 6.07) is 0. The molecule has 0 N–H and O–H groups in total. The molecule has 0 amide bonds. The number of fused-ring (bicyclic) bond motifs is 3. The van der Waals surface area contributed by atoms with E-state index in [-0.39, 0.29) is 29.4 Å². The van der Waals surface area contributed by atoms with E-state index in [1.54, 1.807) is 6.26 Å². The molecule has 3 aliphatic rings. The smallest absolute Gasteiger partial charge is 0.303 e. The fourth-order valence-electron chi connectivity index (χ4n) is 3.86. The van der Waals surface area contributed by atoms with Crippen molar-refractivity contribution in [1.29, 1.82) is 0 Å². The van der Waals surface area contributed by atoms with Crippen molar-refractivity contribution in [3.8, 4) is 0 Å². The van der Waals surface area contributed by atoms with Crippen LogP contribution in [0.5, 0.6) is 0 Å². The molecule has 2 fully saturated rings. The largest absolute Gasteiger partial charge is 0.469 e. The SMILES string of the molecule is CC(=O)OC1c2c(C)coc2CC2(C)OC2CCC2(C)OC12. The Kier molecular flexibility index (Phi) is 2.83. The number of rotatable bonds is 1. The summed E-state index contributed by atoms with van der Waals surface area (Å²) in [5.74, 6) is 0.562. The number of hydrogen-bond donors (Lipinski definition) is 0. The van der Waals surface area contributed by atoms with E-state index >= 15 is 0 Å². The van der Waals surface area contributed by atoms with Crippen molar-refractivity contribution in [3.05, 3.63) is 23.2 Å². The minimum Gasteiger partial charge on any atom is -0.469 e. The molecular formula is C17H22O5. The highest BCUT2D eigenvalue weighted by Gasteiger charge is 2.62. The van der Waals surface area contributed by atoms with Crippen LogP contribution in [0, 0.1) is 6.92 Å². The molecule has 0 saturated carbocycles. The third kappa shape index (κ3) is 2.10. The molecular weight excluding hydrogens is 284 g/mol. The van der Waals surface area contributed by atoms with Gasteiger partial charge in [-0.25, -0.2) is 0 Å². The number of carbonyl (C=O) groups is 1. The predicted molar refractivity (Wildman–Crippen MR) is 77.4 cm³/mol. The first-order valence-corrected chi connectivity index (χ1v) is 7.92. The van der Waals surface area contributed by atoms with Gasteiger partial charge in [0.05, 0.1) is 23.6 Å². The standard InChI is InChI=1S/C17H22O5/c1-9-8-19-11-7-17(4)12(21-17)5-6-16(3)15(22-16)14(13(9)11)20-10(2)18/h8,12,14-15H,5-7H2,1-4H3. The fourth-order valence-corrected chi connectivity index (χ4v) is 3.86. The second-order valence-electron chi connectivity index (χ2n) is 7.27. The zero-order chi connectivity index (χ0) is 15.7. The highest BCUT2D eigenvalue weighted by atomic mass is 16.6. The normalized spacial score (nSPS) is 42.6. The van der Waals surface area contributed by atoms with Crippen molar-refractivity contribution in [2.24, 2.45) is 0 Å². The van der Waals surface area contributed by atoms with Crippen molar-refractivity contribution < 1.29 is 23.4 Å². The van der Waals surface area contributed by atoms with Gasteiger partial charge in [0, 0.05) is 18.9 Å². The van der Waals surface area contributed by atoms with Crippen molar-refractivity contribution >= 4 is 5.97 Å². The van der Waals surface area contributed by atoms with Gasteiger partial charge >= 0.3 is 5.97 Å². The summed E-state index contributed by atoms with van der Waals surface area (Å²) >= 11 is 0. The Bertz CT molecular complexity index is 635. The zero-order valence-corrected chi connectivity index (χ0v) is 13.5. The van der Waals surface area contributed by atoms with Crippen LogP contribution in [0.3, 0.4) is 0 Å². The first-order valence-electron chi connectivity index (χ1n) is 7.92. The summed E-state index contributed by atoms with van der Waals surface area (Å²) in [5.41, 5.74) is 1.55. The molecule has 22 heavy (non-hydrogen) atoms. The molecule has 0 bridgehead atoms. The first-order chi connectivity index (χ1) is 10.3. The molecule has 4 rings (SSSR count). The summed E-state index contributed by atoms with van der Waals surface area (Å²) in [7, 11) is 0. The molecule has 2 saturated heterocycles. The Labute approximate surface area is 129 Å². The highest BCUT2D eigenvalue weighted by Crippen LogP contribution is 2.54. The minimum atomic E-state index is -0.393. The lowest BCUT2D eigenvalue weighted by molar-refractivity contribution is -0.147. The number of epoxide rings is 2. The summed E-state index contributed by atoms with van der Waals surface area (Å²) in [6.45, 7) is 7.63. The Morgan fingerprint density at radius 2 is 2.09 bits per heavy atom. The summed E-state index contributed by atoms with van der Waals surface area (Å²) in [5, 5.41) is 0. The zero-order valence-electron chi connectivity index (χ0n) is 13.5. The van der Waals surface area contributed by atoms with Gasteiger partial charge in [0.2, 0.25) is 0 Å². The molecule has 1 aromatic heterocycles. The molecule has 0 spiro atoms. The number of esters is 1. The van der Waals surface area contributed by atoms with Gasteiger partial charge in [-0.15, -0.1) is 0 Å². The highest BCUT2D eigenvalue weighted by molar-refractivity contribution is 5.66. The van der Waals surface area contributed by atoms with Crippen LogP contribution >= 0.6 is 0 Å². The predicted octanol–water partition coefficient (Wildman–Crippen LogP) is 2.84. The minimum absolute atomic E-state index is 0.102. The molecule has 120 valence electrons. The van der Waals surface area contributed by atoms with Crippen LogP contribution in [-0.4, -0.2) is 29.4 Å². The third-order valence-corrected chi connectivity index (χ3v) is 5.35. The van der Waals surface area contributed by atoms with E-state index < -0.39 is 6.10 Å². The Morgan fingerprint density at radius 3 is 2.82 bits per heavy atom. The van der Waals surface area contributed by atoms with E-state index in [0.29, 0.717) is 6.42 Å². The second kappa shape index (κ2) is 4.36. The maximum atomic E-state index is 11.6. The molecule has 5 unspecified atom stereocenters. The molecule has 2 aliphatic heterocycles. The Hall–Kier alpha value is -1.33. The number of hydrogen-bond acceptors (Lipinski definition) is 5. The van der Waals surface area contributed by atoms with Gasteiger partial charge in [-0.1, -0.05) is 0 Å². The van der Waals surface area contributed by atoms with Crippen LogP contribution in [0.4, 0.5) is 0 Å². The third-order valence-electron chi connectivity index (χ3n) is 5.35. The number of furan rings is 1. The van der Waals surface area contributed by atoms with E-state index in [2.05, 4.69) is 13.8 Å². The van der Waals surface area contributed by atoms with Crippen LogP contribution < -0.4 is 0 Å². The average molecular weight is 306 g/mol. The summed E-state index contributed by atoms with van der Waals surface area (Å²) < 4.78 is 23.3. The maximum Gasteiger partial charge on any atom is 0.303 e. The molecule has 0 aromatic carbocycles. The lowest BCUT2D eigenvalue weighted by Gasteiger charge is -2.20. The van der Waals surface area contributed by atoms with Gasteiger partial charge in [-0.2, -0.15) is 0 Å². The molecule has 5 nitrogen and oxygen atoms in total. The monoisotopic (exact) mass is 306 g/mol. The summed E-state index contributed by atoms with van der Waals surface area (Å²) in [4.78, 5) is 11.6. The number of aryl methyl sites for hydroxylation is 1. The van der Waals surface area contributed by atoms with Crippen LogP contribution in [-0.2, 0) is 25.4 Å². The van der Waals surface area contributed by atoms with Crippen molar-refractivity contribution in [2.75, 3.05) is 0 Å². The molecule has 1 aromatic rings. The van der Waals surface area contributed by atoms with Crippen molar-refractivity contribution in [1.82, 2.24) is 0 Å². The van der Waals surface area contributed by atoms with E-state index in [1.807, 2.05) is 6.92 Å². The van der Waals surface area contributed by atoms with Gasteiger partial charge in [0.1, 0.15) is 11.9 Å². The quantitative estimate of drug-likeness (QED) is 0.589. The van der Waals surface area contributed by atoms with Gasteiger partial charge < -0.3 is 18.6 Å². The van der Waals surface area contributed by atoms with E-state index in [9.17, 15) is 4.79 Å². The lowest BCUT2D eigenvalue weighted by Crippen LogP contribution is -2.25. The Morgan fingerprint density at radius 1 is 1.32 bits per heavy atom. The van der Waals surface area contributed by atoms with Crippen LogP contribution in [0.25, 0.3) is 0 Å². The molecule has 1 aliphatic carbocycles. The van der Waals surface area contributed by atoms with Crippen LogP contribution in [0.2, 0.25) is 0 Å². The van der Waals surface area contributed by atoms with Crippen LogP contribution in [0.1, 0.15) is 56.6 Å². The van der Waals surface area contributed by atoms with E-state index in [0.717, 1.165) is 29.7 Å². The van der Waals surface area contributed by atoms with Crippen molar-refractivity contribution in [3.63, 3.8) is 0 Å². The molecule has 5 atom stereocenters. The topological polar surface area (TPSA) is 64.5 Å². The van der Waals surface area contributed by atoms with Gasteiger partial charge in [-0.3, -0.25) is 4.79 Å². The molecule has 5 heteroatoms. The van der Waals surface area contributed by atoms with Gasteiger partial charge in [0.25, 0.3) is 0 Å². The van der Waals surface area contributed by atoms with E-state index in [1.165, 1.54) is 6.92 Å². The fraction of sp³-hybridized carbons (Fsp3) is 0.706.